The fraction of sp³-hybridized carbons (Fsp3) is 0.300. The summed E-state index contributed by atoms with van der Waals surface area (Å²) in [5, 5.41) is 12.8. The highest BCUT2D eigenvalue weighted by Crippen LogP contribution is 2.19. The first-order valence-electron chi connectivity index (χ1n) is 9.43. The van der Waals surface area contributed by atoms with Crippen molar-refractivity contribution in [2.24, 2.45) is 21.0 Å². The summed E-state index contributed by atoms with van der Waals surface area (Å²) < 4.78 is 6.51. The van der Waals surface area contributed by atoms with Crippen LogP contribution in [-0.2, 0) is 16.0 Å². The molecule has 0 radical (unpaired) electrons. The number of nitrogens with zero attached hydrogens (tertiary/aromatic N) is 6. The number of aromatic nitrogens is 2. The Hall–Kier alpha value is -3.82. The molecule has 2 aliphatic heterocycles. The maximum Gasteiger partial charge on any atom is 0.265 e. The van der Waals surface area contributed by atoms with E-state index in [1.165, 1.54) is 15.9 Å². The molecule has 1 N–H and O–H groups in total. The third-order valence-electron chi connectivity index (χ3n) is 4.78. The summed E-state index contributed by atoms with van der Waals surface area (Å²) in [6.07, 6.45) is 2.38. The van der Waals surface area contributed by atoms with Crippen LogP contribution in [0.15, 0.2) is 45.4 Å². The summed E-state index contributed by atoms with van der Waals surface area (Å²) in [7, 11) is 3.32. The zero-order chi connectivity index (χ0) is 21.3. The SMILES string of the molecule is COc1ccc(CCC(=O)Nc2cc(C)nn2C2=NC(=O)C3C=NN(C)C3=N2)cc1. The molecule has 0 saturated heterocycles. The number of hydrogen-bond donors (Lipinski definition) is 1. The number of carbonyl (C=O) groups excluding carboxylic acids is 2. The molecule has 1 aromatic carbocycles. The molecule has 0 bridgehead atoms. The summed E-state index contributed by atoms with van der Waals surface area (Å²) >= 11 is 0. The van der Waals surface area contributed by atoms with Gasteiger partial charge in [0.25, 0.3) is 11.9 Å². The van der Waals surface area contributed by atoms with Crippen LogP contribution in [0.4, 0.5) is 5.82 Å². The van der Waals surface area contributed by atoms with E-state index in [-0.39, 0.29) is 24.2 Å². The van der Waals surface area contributed by atoms with Gasteiger partial charge in [-0.25, -0.2) is 0 Å². The van der Waals surface area contributed by atoms with Crippen molar-refractivity contribution in [1.82, 2.24) is 14.8 Å². The van der Waals surface area contributed by atoms with E-state index in [2.05, 4.69) is 25.5 Å². The Morgan fingerprint density at radius 3 is 2.73 bits per heavy atom. The van der Waals surface area contributed by atoms with Crippen molar-refractivity contribution < 1.29 is 14.3 Å². The number of amidine groups is 1. The lowest BCUT2D eigenvalue weighted by molar-refractivity contribution is -0.118. The van der Waals surface area contributed by atoms with Gasteiger partial charge in [-0.3, -0.25) is 14.6 Å². The van der Waals surface area contributed by atoms with Crippen LogP contribution < -0.4 is 10.1 Å². The van der Waals surface area contributed by atoms with E-state index in [4.69, 9.17) is 4.74 Å². The van der Waals surface area contributed by atoms with E-state index in [9.17, 15) is 9.59 Å². The average Bonchev–Trinajstić information content (AvgIpc) is 3.29. The number of hydrogen-bond acceptors (Lipinski definition) is 7. The number of anilines is 1. The lowest BCUT2D eigenvalue weighted by atomic mass is 10.1. The van der Waals surface area contributed by atoms with Crippen LogP contribution in [0.5, 0.6) is 5.75 Å². The molecule has 2 aliphatic rings. The topological polar surface area (TPSA) is 114 Å². The van der Waals surface area contributed by atoms with Crippen LogP contribution in [0, 0.1) is 12.8 Å². The maximum atomic E-state index is 12.5. The van der Waals surface area contributed by atoms with Crippen LogP contribution in [0.3, 0.4) is 0 Å². The van der Waals surface area contributed by atoms with Gasteiger partial charge in [0.05, 0.1) is 12.8 Å². The highest BCUT2D eigenvalue weighted by Gasteiger charge is 2.35. The third kappa shape index (κ3) is 3.84. The number of methoxy groups -OCH3 is 1. The Morgan fingerprint density at radius 2 is 2.00 bits per heavy atom. The molecule has 10 nitrogen and oxygen atoms in total. The van der Waals surface area contributed by atoms with Gasteiger partial charge in [-0.05, 0) is 31.0 Å². The Bertz CT molecular complexity index is 1080. The maximum absolute atomic E-state index is 12.5. The van der Waals surface area contributed by atoms with Crippen molar-refractivity contribution in [1.29, 1.82) is 0 Å². The van der Waals surface area contributed by atoms with Gasteiger partial charge in [0.2, 0.25) is 5.91 Å². The first kappa shape index (κ1) is 19.5. The van der Waals surface area contributed by atoms with Crippen molar-refractivity contribution in [2.75, 3.05) is 19.5 Å². The number of fused-ring (bicyclic) bond motifs is 1. The molecule has 154 valence electrons. The van der Waals surface area contributed by atoms with Gasteiger partial charge < -0.3 is 10.1 Å². The second kappa shape index (κ2) is 7.90. The van der Waals surface area contributed by atoms with Crippen molar-refractivity contribution in [3.05, 3.63) is 41.6 Å². The van der Waals surface area contributed by atoms with Crippen LogP contribution in [-0.4, -0.2) is 58.8 Å². The first-order valence-corrected chi connectivity index (χ1v) is 9.43. The predicted octanol–water partition coefficient (Wildman–Crippen LogP) is 1.46. The lowest BCUT2D eigenvalue weighted by Crippen LogP contribution is -2.35. The molecule has 1 atom stereocenters. The standard InChI is InChI=1S/C20H21N7O3/c1-12-10-16(22-17(28)9-6-13-4-7-14(30-3)8-5-13)27(25-12)20-23-18-15(19(29)24-20)11-21-26(18)2/h4-5,7-8,10-11,15H,6,9H2,1-3H3,(H,22,28). The molecule has 30 heavy (non-hydrogen) atoms. The molecule has 3 heterocycles. The van der Waals surface area contributed by atoms with Gasteiger partial charge in [-0.15, -0.1) is 0 Å². The van der Waals surface area contributed by atoms with Crippen molar-refractivity contribution in [3.63, 3.8) is 0 Å². The van der Waals surface area contributed by atoms with Gasteiger partial charge in [0.1, 0.15) is 23.3 Å². The Morgan fingerprint density at radius 1 is 1.23 bits per heavy atom. The molecule has 4 rings (SSSR count). The van der Waals surface area contributed by atoms with E-state index < -0.39 is 5.92 Å². The minimum Gasteiger partial charge on any atom is -0.497 e. The Kier molecular flexibility index (Phi) is 5.13. The largest absolute Gasteiger partial charge is 0.497 e. The van der Waals surface area contributed by atoms with E-state index in [1.54, 1.807) is 27.1 Å². The molecule has 1 unspecified atom stereocenters. The van der Waals surface area contributed by atoms with E-state index in [0.717, 1.165) is 11.3 Å². The number of hydrazone groups is 1. The molecule has 2 aromatic rings. The van der Waals surface area contributed by atoms with Gasteiger partial charge in [-0.2, -0.15) is 24.9 Å². The van der Waals surface area contributed by atoms with Crippen molar-refractivity contribution >= 4 is 35.6 Å². The lowest BCUT2D eigenvalue weighted by Gasteiger charge is -2.17. The molecule has 10 heteroatoms. The molecular weight excluding hydrogens is 386 g/mol. The second-order valence-corrected chi connectivity index (χ2v) is 6.96. The smallest absolute Gasteiger partial charge is 0.265 e. The number of aliphatic imine (C=N–C) groups is 2. The van der Waals surface area contributed by atoms with Crippen molar-refractivity contribution in [3.8, 4) is 5.75 Å². The van der Waals surface area contributed by atoms with Crippen LogP contribution in [0.1, 0.15) is 17.7 Å². The normalized spacial score (nSPS) is 17.5. The number of carbonyl (C=O) groups is 2. The van der Waals surface area contributed by atoms with E-state index in [0.29, 0.717) is 23.8 Å². The zero-order valence-electron chi connectivity index (χ0n) is 16.9. The molecule has 1 aromatic heterocycles. The highest BCUT2D eigenvalue weighted by atomic mass is 16.5. The Labute approximate surface area is 173 Å². The number of amides is 2. The number of ether oxygens (including phenoxy) is 1. The minimum absolute atomic E-state index is 0.0992. The fourth-order valence-electron chi connectivity index (χ4n) is 3.20. The quantitative estimate of drug-likeness (QED) is 0.806. The van der Waals surface area contributed by atoms with Gasteiger partial charge in [0.15, 0.2) is 0 Å². The van der Waals surface area contributed by atoms with E-state index >= 15 is 0 Å². The Balaban J connectivity index is 1.47. The minimum atomic E-state index is -0.571. The summed E-state index contributed by atoms with van der Waals surface area (Å²) in [5.74, 6) is 0.639. The molecular formula is C20H21N7O3. The number of aryl methyl sites for hydroxylation is 2. The summed E-state index contributed by atoms with van der Waals surface area (Å²) in [4.78, 5) is 33.3. The monoisotopic (exact) mass is 407 g/mol. The molecule has 0 saturated carbocycles. The summed E-state index contributed by atoms with van der Waals surface area (Å²) in [6.45, 7) is 1.79. The molecule has 2 amide bonds. The van der Waals surface area contributed by atoms with Gasteiger partial charge in [0, 0.05) is 25.7 Å². The van der Waals surface area contributed by atoms with E-state index in [1.807, 2.05) is 24.3 Å². The second-order valence-electron chi connectivity index (χ2n) is 6.96. The first-order chi connectivity index (χ1) is 14.4. The average molecular weight is 407 g/mol. The highest BCUT2D eigenvalue weighted by molar-refractivity contribution is 6.24. The van der Waals surface area contributed by atoms with Crippen LogP contribution in [0.25, 0.3) is 0 Å². The molecule has 0 fully saturated rings. The zero-order valence-corrected chi connectivity index (χ0v) is 16.9. The number of rotatable bonds is 5. The fourth-order valence-corrected chi connectivity index (χ4v) is 3.20. The van der Waals surface area contributed by atoms with Crippen LogP contribution in [0.2, 0.25) is 0 Å². The van der Waals surface area contributed by atoms with Gasteiger partial charge >= 0.3 is 0 Å². The van der Waals surface area contributed by atoms with Crippen LogP contribution >= 0.6 is 0 Å². The molecule has 0 spiro atoms. The summed E-state index contributed by atoms with van der Waals surface area (Å²) in [5.41, 5.74) is 1.69. The number of benzene rings is 1. The number of nitrogens with one attached hydrogen (secondary N) is 1. The van der Waals surface area contributed by atoms with Gasteiger partial charge in [-0.1, -0.05) is 12.1 Å². The third-order valence-corrected chi connectivity index (χ3v) is 4.78. The summed E-state index contributed by atoms with van der Waals surface area (Å²) in [6, 6.07) is 9.28. The van der Waals surface area contributed by atoms with Crippen molar-refractivity contribution in [2.45, 2.75) is 19.8 Å². The predicted molar refractivity (Wildman–Crippen MR) is 112 cm³/mol. The molecule has 0 aliphatic carbocycles.